The zero-order valence-corrected chi connectivity index (χ0v) is 11.5. The maximum Gasteiger partial charge on any atom is 0.275 e. The van der Waals surface area contributed by atoms with Gasteiger partial charge >= 0.3 is 0 Å². The van der Waals surface area contributed by atoms with Crippen LogP contribution in [0.2, 0.25) is 0 Å². The average Bonchev–Trinajstić information content (AvgIpc) is 2.78. The molecule has 4 nitrogen and oxygen atoms in total. The van der Waals surface area contributed by atoms with Gasteiger partial charge in [-0.25, -0.2) is 5.84 Å². The maximum absolute atomic E-state index is 11.4. The first-order chi connectivity index (χ1) is 8.70. The molecule has 0 aromatic carbocycles. The van der Waals surface area contributed by atoms with Crippen molar-refractivity contribution in [2.45, 2.75) is 51.7 Å². The molecule has 1 aromatic heterocycles. The quantitative estimate of drug-likeness (QED) is 0.501. The molecule has 0 bridgehead atoms. The van der Waals surface area contributed by atoms with Crippen molar-refractivity contribution in [2.24, 2.45) is 5.84 Å². The second-order valence-electron chi connectivity index (χ2n) is 4.74. The van der Waals surface area contributed by atoms with Gasteiger partial charge in [0.05, 0.1) is 17.6 Å². The fourth-order valence-corrected chi connectivity index (χ4v) is 3.22. The molecular weight excluding hydrogens is 248 g/mol. The van der Waals surface area contributed by atoms with E-state index < -0.39 is 0 Å². The summed E-state index contributed by atoms with van der Waals surface area (Å²) in [6.07, 6.45) is 6.60. The molecule has 1 fully saturated rings. The van der Waals surface area contributed by atoms with Crippen LogP contribution in [0.15, 0.2) is 6.07 Å². The van der Waals surface area contributed by atoms with Crippen LogP contribution in [0.4, 0.5) is 0 Å². The van der Waals surface area contributed by atoms with E-state index in [0.29, 0.717) is 17.6 Å². The standard InChI is InChI=1S/C13H20N2O2S/c1-9-10(7-12(18-9)13(16)15-14)8-17-11-5-3-2-4-6-11/h7,11H,2-6,8,14H2,1H3,(H,15,16). The molecule has 0 unspecified atom stereocenters. The predicted molar refractivity (Wildman–Crippen MR) is 72.4 cm³/mol. The molecule has 0 aliphatic heterocycles. The van der Waals surface area contributed by atoms with Crippen molar-refractivity contribution < 1.29 is 9.53 Å². The zero-order chi connectivity index (χ0) is 13.0. The van der Waals surface area contributed by atoms with Gasteiger partial charge in [-0.2, -0.15) is 0 Å². The van der Waals surface area contributed by atoms with Gasteiger partial charge in [0, 0.05) is 4.88 Å². The lowest BCUT2D eigenvalue weighted by Gasteiger charge is -2.21. The maximum atomic E-state index is 11.4. The normalized spacial score (nSPS) is 16.8. The topological polar surface area (TPSA) is 64.4 Å². The van der Waals surface area contributed by atoms with Crippen LogP contribution in [0.25, 0.3) is 0 Å². The number of ether oxygens (including phenoxy) is 1. The SMILES string of the molecule is Cc1sc(C(=O)NN)cc1COC1CCCCC1. The summed E-state index contributed by atoms with van der Waals surface area (Å²) in [7, 11) is 0. The molecule has 0 atom stereocenters. The third-order valence-electron chi connectivity index (χ3n) is 3.40. The number of carbonyl (C=O) groups excluding carboxylic acids is 1. The molecule has 18 heavy (non-hydrogen) atoms. The molecule has 1 aliphatic rings. The summed E-state index contributed by atoms with van der Waals surface area (Å²) in [5.41, 5.74) is 3.26. The summed E-state index contributed by atoms with van der Waals surface area (Å²) in [5, 5.41) is 0. The molecule has 1 heterocycles. The lowest BCUT2D eigenvalue weighted by Crippen LogP contribution is -2.29. The van der Waals surface area contributed by atoms with Gasteiger partial charge < -0.3 is 4.74 Å². The highest BCUT2D eigenvalue weighted by molar-refractivity contribution is 7.14. The van der Waals surface area contributed by atoms with Gasteiger partial charge in [0.2, 0.25) is 0 Å². The molecule has 1 amide bonds. The number of thiophene rings is 1. The van der Waals surface area contributed by atoms with Crippen LogP contribution >= 0.6 is 11.3 Å². The van der Waals surface area contributed by atoms with E-state index in [0.717, 1.165) is 10.4 Å². The van der Waals surface area contributed by atoms with Gasteiger partial charge in [0.1, 0.15) is 0 Å². The zero-order valence-electron chi connectivity index (χ0n) is 10.7. The van der Waals surface area contributed by atoms with Crippen molar-refractivity contribution in [3.8, 4) is 0 Å². The fourth-order valence-electron chi connectivity index (χ4n) is 2.29. The van der Waals surface area contributed by atoms with E-state index in [9.17, 15) is 4.79 Å². The Morgan fingerprint density at radius 2 is 2.22 bits per heavy atom. The lowest BCUT2D eigenvalue weighted by molar-refractivity contribution is 0.0168. The highest BCUT2D eigenvalue weighted by atomic mass is 32.1. The highest BCUT2D eigenvalue weighted by Crippen LogP contribution is 2.25. The number of nitrogen functional groups attached to an aromatic ring is 1. The molecule has 1 aliphatic carbocycles. The molecule has 100 valence electrons. The minimum absolute atomic E-state index is 0.230. The number of nitrogens with two attached hydrogens (primary N) is 1. The summed E-state index contributed by atoms with van der Waals surface area (Å²) >= 11 is 1.46. The Bertz CT molecular complexity index is 411. The third-order valence-corrected chi connectivity index (χ3v) is 4.49. The average molecular weight is 268 g/mol. The van der Waals surface area contributed by atoms with Crippen molar-refractivity contribution in [1.82, 2.24) is 5.43 Å². The van der Waals surface area contributed by atoms with Gasteiger partial charge in [-0.1, -0.05) is 19.3 Å². The molecule has 0 radical (unpaired) electrons. The number of amides is 1. The minimum atomic E-state index is -0.230. The van der Waals surface area contributed by atoms with E-state index in [1.165, 1.54) is 43.4 Å². The Morgan fingerprint density at radius 3 is 2.89 bits per heavy atom. The Morgan fingerprint density at radius 1 is 1.50 bits per heavy atom. The summed E-state index contributed by atoms with van der Waals surface area (Å²) in [6.45, 7) is 2.61. The van der Waals surface area contributed by atoms with Crippen LogP contribution in [0.5, 0.6) is 0 Å². The van der Waals surface area contributed by atoms with Gasteiger partial charge in [0.15, 0.2) is 0 Å². The monoisotopic (exact) mass is 268 g/mol. The summed E-state index contributed by atoms with van der Waals surface area (Å²) in [6, 6.07) is 1.88. The number of hydrazine groups is 1. The minimum Gasteiger partial charge on any atom is -0.374 e. The number of aryl methyl sites for hydroxylation is 1. The molecule has 0 saturated heterocycles. The van der Waals surface area contributed by atoms with Crippen LogP contribution in [0, 0.1) is 6.92 Å². The first-order valence-electron chi connectivity index (χ1n) is 6.42. The van der Waals surface area contributed by atoms with Gasteiger partial charge in [-0.15, -0.1) is 11.3 Å². The number of rotatable bonds is 4. The first-order valence-corrected chi connectivity index (χ1v) is 7.24. The van der Waals surface area contributed by atoms with E-state index in [4.69, 9.17) is 10.6 Å². The Hall–Kier alpha value is -0.910. The van der Waals surface area contributed by atoms with Crippen molar-refractivity contribution in [2.75, 3.05) is 0 Å². The number of nitrogens with one attached hydrogen (secondary N) is 1. The predicted octanol–water partition coefficient (Wildman–Crippen LogP) is 2.51. The Kier molecular flexibility index (Phi) is 4.74. The molecule has 2 rings (SSSR count). The smallest absolute Gasteiger partial charge is 0.275 e. The fraction of sp³-hybridized carbons (Fsp3) is 0.615. The van der Waals surface area contributed by atoms with E-state index >= 15 is 0 Å². The molecular formula is C13H20N2O2S. The third kappa shape index (κ3) is 3.31. The van der Waals surface area contributed by atoms with Gasteiger partial charge in [0.25, 0.3) is 5.91 Å². The second-order valence-corrected chi connectivity index (χ2v) is 5.99. The molecule has 0 spiro atoms. The Labute approximate surface area is 111 Å². The highest BCUT2D eigenvalue weighted by Gasteiger charge is 2.16. The first kappa shape index (κ1) is 13.5. The summed E-state index contributed by atoms with van der Waals surface area (Å²) in [4.78, 5) is 13.2. The summed E-state index contributed by atoms with van der Waals surface area (Å²) < 4.78 is 5.92. The second kappa shape index (κ2) is 6.31. The van der Waals surface area contributed by atoms with E-state index in [1.807, 2.05) is 13.0 Å². The van der Waals surface area contributed by atoms with Crippen LogP contribution in [0.3, 0.4) is 0 Å². The number of carbonyl (C=O) groups is 1. The molecule has 1 saturated carbocycles. The van der Waals surface area contributed by atoms with Crippen molar-refractivity contribution in [3.63, 3.8) is 0 Å². The molecule has 1 aromatic rings. The van der Waals surface area contributed by atoms with Crippen molar-refractivity contribution in [1.29, 1.82) is 0 Å². The largest absolute Gasteiger partial charge is 0.374 e. The van der Waals surface area contributed by atoms with E-state index in [1.54, 1.807) is 0 Å². The number of hydrogen-bond donors (Lipinski definition) is 2. The van der Waals surface area contributed by atoms with Crippen molar-refractivity contribution in [3.05, 3.63) is 21.4 Å². The van der Waals surface area contributed by atoms with Crippen LogP contribution in [0.1, 0.15) is 52.2 Å². The van der Waals surface area contributed by atoms with Gasteiger partial charge in [-0.3, -0.25) is 10.2 Å². The molecule has 5 heteroatoms. The van der Waals surface area contributed by atoms with Crippen LogP contribution in [-0.4, -0.2) is 12.0 Å². The lowest BCUT2D eigenvalue weighted by atomic mass is 9.98. The summed E-state index contributed by atoms with van der Waals surface area (Å²) in [5.74, 6) is 4.90. The number of hydrogen-bond acceptors (Lipinski definition) is 4. The van der Waals surface area contributed by atoms with Crippen LogP contribution < -0.4 is 11.3 Å². The van der Waals surface area contributed by atoms with E-state index in [2.05, 4.69) is 5.43 Å². The van der Waals surface area contributed by atoms with Crippen molar-refractivity contribution >= 4 is 17.2 Å². The van der Waals surface area contributed by atoms with E-state index in [-0.39, 0.29) is 5.91 Å². The van der Waals surface area contributed by atoms with Crippen LogP contribution in [-0.2, 0) is 11.3 Å². The Balaban J connectivity index is 1.92. The molecule has 3 N–H and O–H groups in total. The van der Waals surface area contributed by atoms with Gasteiger partial charge in [-0.05, 0) is 31.4 Å².